The molecular formula is C23H27N5O3. The van der Waals surface area contributed by atoms with Crippen LogP contribution < -0.4 is 20.1 Å². The number of nitrogens with zero attached hydrogens (tertiary/aromatic N) is 3. The van der Waals surface area contributed by atoms with Crippen molar-refractivity contribution in [2.45, 2.75) is 32.9 Å². The molecule has 0 fully saturated rings. The second kappa shape index (κ2) is 8.29. The molecule has 0 spiro atoms. The molecule has 2 N–H and O–H groups in total. The lowest BCUT2D eigenvalue weighted by atomic mass is 9.85. The summed E-state index contributed by atoms with van der Waals surface area (Å²) in [5.74, 6) is 1.36. The summed E-state index contributed by atoms with van der Waals surface area (Å²) in [7, 11) is 3.21. The van der Waals surface area contributed by atoms with Gasteiger partial charge in [-0.3, -0.25) is 4.79 Å². The molecule has 0 radical (unpaired) electrons. The minimum atomic E-state index is -0.461. The number of anilines is 2. The van der Waals surface area contributed by atoms with Crippen LogP contribution >= 0.6 is 0 Å². The molecule has 0 aliphatic carbocycles. The zero-order valence-corrected chi connectivity index (χ0v) is 18.3. The Hall–Kier alpha value is -3.55. The van der Waals surface area contributed by atoms with Gasteiger partial charge in [-0.15, -0.1) is 0 Å². The Labute approximate surface area is 181 Å². The number of ether oxygens (including phenoxy) is 2. The lowest BCUT2D eigenvalue weighted by Gasteiger charge is -2.37. The molecule has 1 amide bonds. The number of methoxy groups -OCH3 is 2. The van der Waals surface area contributed by atoms with Crippen LogP contribution in [-0.4, -0.2) is 40.9 Å². The first-order chi connectivity index (χ1) is 14.9. The predicted octanol–water partition coefficient (Wildman–Crippen LogP) is 3.57. The molecule has 2 heterocycles. The smallest absolute Gasteiger partial charge is 0.232 e. The highest BCUT2D eigenvalue weighted by molar-refractivity contribution is 5.95. The third kappa shape index (κ3) is 3.81. The van der Waals surface area contributed by atoms with Gasteiger partial charge >= 0.3 is 0 Å². The Kier molecular flexibility index (Phi) is 5.54. The number of rotatable bonds is 5. The number of amides is 1. The van der Waals surface area contributed by atoms with E-state index in [9.17, 15) is 4.79 Å². The van der Waals surface area contributed by atoms with E-state index >= 15 is 0 Å². The van der Waals surface area contributed by atoms with Crippen LogP contribution in [0.25, 0.3) is 0 Å². The Morgan fingerprint density at radius 3 is 2.65 bits per heavy atom. The van der Waals surface area contributed by atoms with E-state index in [-0.39, 0.29) is 11.9 Å². The second-order valence-electron chi connectivity index (χ2n) is 7.85. The number of aromatic nitrogens is 3. The molecule has 162 valence electrons. The summed E-state index contributed by atoms with van der Waals surface area (Å²) < 4.78 is 12.7. The lowest BCUT2D eigenvalue weighted by molar-refractivity contribution is -0.121. The Bertz CT molecular complexity index is 1110. The van der Waals surface area contributed by atoms with Crippen LogP contribution in [0.3, 0.4) is 0 Å². The SMILES string of the molecule is COc1ccc([C@@H]2[C@@H](C(=O)Nc3ccc(C)cc3C)[C@@H](C)Nc3ncnn32)c(OC)c1. The van der Waals surface area contributed by atoms with Gasteiger partial charge in [0.2, 0.25) is 11.9 Å². The Morgan fingerprint density at radius 1 is 1.13 bits per heavy atom. The molecule has 3 atom stereocenters. The monoisotopic (exact) mass is 421 g/mol. The largest absolute Gasteiger partial charge is 0.497 e. The highest BCUT2D eigenvalue weighted by Crippen LogP contribution is 2.41. The summed E-state index contributed by atoms with van der Waals surface area (Å²) in [6.07, 6.45) is 1.49. The van der Waals surface area contributed by atoms with E-state index < -0.39 is 12.0 Å². The van der Waals surface area contributed by atoms with Crippen molar-refractivity contribution in [3.05, 3.63) is 59.4 Å². The summed E-state index contributed by atoms with van der Waals surface area (Å²) >= 11 is 0. The average Bonchev–Trinajstić information content (AvgIpc) is 3.22. The van der Waals surface area contributed by atoms with Gasteiger partial charge in [0.1, 0.15) is 17.8 Å². The van der Waals surface area contributed by atoms with Gasteiger partial charge < -0.3 is 20.1 Å². The van der Waals surface area contributed by atoms with Crippen LogP contribution in [-0.2, 0) is 4.79 Å². The van der Waals surface area contributed by atoms with Crippen LogP contribution in [0.15, 0.2) is 42.7 Å². The Balaban J connectivity index is 1.77. The molecule has 1 aliphatic heterocycles. The fourth-order valence-corrected chi connectivity index (χ4v) is 4.20. The summed E-state index contributed by atoms with van der Waals surface area (Å²) in [5.41, 5.74) is 3.80. The van der Waals surface area contributed by atoms with Gasteiger partial charge in [0.25, 0.3) is 0 Å². The van der Waals surface area contributed by atoms with Crippen molar-refractivity contribution in [2.75, 3.05) is 24.9 Å². The molecule has 1 aliphatic rings. The average molecular weight is 422 g/mol. The van der Waals surface area contributed by atoms with E-state index in [4.69, 9.17) is 9.47 Å². The van der Waals surface area contributed by atoms with Crippen LogP contribution in [0.2, 0.25) is 0 Å². The lowest BCUT2D eigenvalue weighted by Crippen LogP contribution is -2.46. The van der Waals surface area contributed by atoms with E-state index in [1.54, 1.807) is 18.9 Å². The van der Waals surface area contributed by atoms with Gasteiger partial charge in [0, 0.05) is 23.4 Å². The molecule has 8 heteroatoms. The number of hydrogen-bond acceptors (Lipinski definition) is 6. The fraction of sp³-hybridized carbons (Fsp3) is 0.348. The molecule has 4 rings (SSSR count). The van der Waals surface area contributed by atoms with Crippen LogP contribution in [0.1, 0.15) is 29.7 Å². The van der Waals surface area contributed by atoms with Crippen molar-refractivity contribution in [1.82, 2.24) is 14.8 Å². The van der Waals surface area contributed by atoms with Crippen LogP contribution in [0.5, 0.6) is 11.5 Å². The molecule has 0 unspecified atom stereocenters. The molecule has 8 nitrogen and oxygen atoms in total. The van der Waals surface area contributed by atoms with Crippen LogP contribution in [0.4, 0.5) is 11.6 Å². The second-order valence-corrected chi connectivity index (χ2v) is 7.85. The number of fused-ring (bicyclic) bond motifs is 1. The summed E-state index contributed by atoms with van der Waals surface area (Å²) in [6.45, 7) is 6.00. The van der Waals surface area contributed by atoms with E-state index in [1.807, 2.05) is 51.1 Å². The minimum Gasteiger partial charge on any atom is -0.497 e. The van der Waals surface area contributed by atoms with Crippen molar-refractivity contribution < 1.29 is 14.3 Å². The Morgan fingerprint density at radius 2 is 1.94 bits per heavy atom. The number of carbonyl (C=O) groups excluding carboxylic acids is 1. The molecule has 1 aromatic heterocycles. The van der Waals surface area contributed by atoms with Crippen molar-refractivity contribution in [1.29, 1.82) is 0 Å². The maximum absolute atomic E-state index is 13.6. The van der Waals surface area contributed by atoms with Gasteiger partial charge in [0.05, 0.1) is 26.2 Å². The highest BCUT2D eigenvalue weighted by Gasteiger charge is 2.42. The number of nitrogens with one attached hydrogen (secondary N) is 2. The van der Waals surface area contributed by atoms with E-state index in [2.05, 4.69) is 26.8 Å². The quantitative estimate of drug-likeness (QED) is 0.655. The van der Waals surface area contributed by atoms with Gasteiger partial charge in [-0.05, 0) is 44.5 Å². The fourth-order valence-electron chi connectivity index (χ4n) is 4.20. The van der Waals surface area contributed by atoms with E-state index in [0.717, 1.165) is 22.4 Å². The summed E-state index contributed by atoms with van der Waals surface area (Å²) in [4.78, 5) is 17.9. The number of hydrogen-bond donors (Lipinski definition) is 2. The van der Waals surface area contributed by atoms with E-state index in [1.165, 1.54) is 6.33 Å². The van der Waals surface area contributed by atoms with Crippen LogP contribution in [0, 0.1) is 19.8 Å². The van der Waals surface area contributed by atoms with Gasteiger partial charge in [-0.2, -0.15) is 10.1 Å². The molecule has 0 saturated heterocycles. The predicted molar refractivity (Wildman–Crippen MR) is 119 cm³/mol. The first-order valence-corrected chi connectivity index (χ1v) is 10.2. The van der Waals surface area contributed by atoms with Gasteiger partial charge in [-0.25, -0.2) is 4.68 Å². The maximum Gasteiger partial charge on any atom is 0.232 e. The van der Waals surface area contributed by atoms with Crippen molar-refractivity contribution in [3.63, 3.8) is 0 Å². The topological polar surface area (TPSA) is 90.3 Å². The molecular weight excluding hydrogens is 394 g/mol. The number of carbonyl (C=O) groups is 1. The van der Waals surface area contributed by atoms with Crippen molar-refractivity contribution >= 4 is 17.5 Å². The zero-order valence-electron chi connectivity index (χ0n) is 18.3. The first-order valence-electron chi connectivity index (χ1n) is 10.2. The molecule has 0 saturated carbocycles. The standard InChI is InChI=1S/C23H27N5O3/c1-13-6-9-18(14(2)10-13)27-22(29)20-15(3)26-23-24-12-25-28(23)21(20)17-8-7-16(30-4)11-19(17)31-5/h6-12,15,20-21H,1-5H3,(H,27,29)(H,24,25,26)/t15-,20+,21-/m1/s1. The van der Waals surface area contributed by atoms with Crippen molar-refractivity contribution in [3.8, 4) is 11.5 Å². The van der Waals surface area contributed by atoms with Crippen molar-refractivity contribution in [2.24, 2.45) is 5.92 Å². The molecule has 3 aromatic rings. The molecule has 2 aromatic carbocycles. The third-order valence-electron chi connectivity index (χ3n) is 5.77. The summed E-state index contributed by atoms with van der Waals surface area (Å²) in [5, 5.41) is 10.8. The van der Waals surface area contributed by atoms with Gasteiger partial charge in [0.15, 0.2) is 0 Å². The molecule has 0 bridgehead atoms. The minimum absolute atomic E-state index is 0.101. The normalized spacial score (nSPS) is 19.8. The maximum atomic E-state index is 13.6. The summed E-state index contributed by atoms with van der Waals surface area (Å²) in [6, 6.07) is 11.0. The van der Waals surface area contributed by atoms with E-state index in [0.29, 0.717) is 17.4 Å². The molecule has 31 heavy (non-hydrogen) atoms. The first kappa shape index (κ1) is 20.7. The highest BCUT2D eigenvalue weighted by atomic mass is 16.5. The zero-order chi connectivity index (χ0) is 22.1. The number of benzene rings is 2. The number of aryl methyl sites for hydroxylation is 2. The third-order valence-corrected chi connectivity index (χ3v) is 5.77. The van der Waals surface area contributed by atoms with Gasteiger partial charge in [-0.1, -0.05) is 17.7 Å².